The maximum Gasteiger partial charge on any atom is 0.271 e. The lowest BCUT2D eigenvalue weighted by atomic mass is 10.00. The predicted octanol–water partition coefficient (Wildman–Crippen LogP) is 0.990. The highest BCUT2D eigenvalue weighted by Crippen LogP contribution is 2.30. The Balaban J connectivity index is 1.78. The highest BCUT2D eigenvalue weighted by Gasteiger charge is 2.34. The van der Waals surface area contributed by atoms with Crippen LogP contribution < -0.4 is 5.32 Å². The number of carbonyl (C=O) groups excluding carboxylic acids is 1. The van der Waals surface area contributed by atoms with Crippen LogP contribution >= 0.6 is 0 Å². The first-order valence-corrected chi connectivity index (χ1v) is 7.07. The Hall–Kier alpha value is -2.21. The van der Waals surface area contributed by atoms with E-state index in [0.717, 1.165) is 13.0 Å². The van der Waals surface area contributed by atoms with Gasteiger partial charge in [0.05, 0.1) is 18.3 Å². The number of aryl methyl sites for hydroxylation is 1. The number of benzene rings is 1. The van der Waals surface area contributed by atoms with Gasteiger partial charge in [-0.2, -0.15) is 0 Å². The average molecular weight is 285 g/mol. The van der Waals surface area contributed by atoms with Gasteiger partial charge in [-0.25, -0.2) is 4.68 Å². The van der Waals surface area contributed by atoms with Crippen LogP contribution in [0.2, 0.25) is 0 Å². The Morgan fingerprint density at radius 1 is 1.29 bits per heavy atom. The van der Waals surface area contributed by atoms with Crippen molar-refractivity contribution in [3.63, 3.8) is 0 Å². The molecule has 1 aliphatic heterocycles. The first-order chi connectivity index (χ1) is 10.2. The number of hydrogen-bond acceptors (Lipinski definition) is 4. The molecule has 2 unspecified atom stereocenters. The third-order valence-electron chi connectivity index (χ3n) is 4.05. The van der Waals surface area contributed by atoms with Gasteiger partial charge in [0, 0.05) is 13.6 Å². The first-order valence-electron chi connectivity index (χ1n) is 7.07. The number of aromatic nitrogens is 3. The lowest BCUT2D eigenvalue weighted by molar-refractivity contribution is 0.0918. The largest absolute Gasteiger partial charge is 0.346 e. The maximum absolute atomic E-state index is 12.3. The van der Waals surface area contributed by atoms with Crippen LogP contribution in [-0.2, 0) is 7.05 Å². The molecular weight excluding hydrogens is 266 g/mol. The summed E-state index contributed by atoms with van der Waals surface area (Å²) in [7, 11) is 3.81. The molecule has 1 aliphatic rings. The number of hydrogen-bond donors (Lipinski definition) is 1. The number of carbonyl (C=O) groups is 1. The van der Waals surface area contributed by atoms with Crippen LogP contribution in [0, 0.1) is 0 Å². The molecule has 0 spiro atoms. The lowest BCUT2D eigenvalue weighted by Gasteiger charge is -2.26. The lowest BCUT2D eigenvalue weighted by Crippen LogP contribution is -2.39. The SMILES string of the molecule is CN1CCC(NC(=O)c2cnnn2C)C1c1ccccc1. The number of nitrogens with zero attached hydrogens (tertiary/aromatic N) is 4. The number of nitrogens with one attached hydrogen (secondary N) is 1. The van der Waals surface area contributed by atoms with E-state index in [0.29, 0.717) is 5.69 Å². The van der Waals surface area contributed by atoms with Gasteiger partial charge in [0.15, 0.2) is 0 Å². The standard InChI is InChI=1S/C15H19N5O/c1-19-9-8-12(14(19)11-6-4-3-5-7-11)17-15(21)13-10-16-18-20(13)2/h3-7,10,12,14H,8-9H2,1-2H3,(H,17,21). The second-order valence-corrected chi connectivity index (χ2v) is 5.45. The van der Waals surface area contributed by atoms with Crippen molar-refractivity contribution in [2.24, 2.45) is 7.05 Å². The molecular formula is C15H19N5O. The molecule has 3 rings (SSSR count). The molecule has 0 radical (unpaired) electrons. The zero-order valence-corrected chi connectivity index (χ0v) is 12.2. The minimum atomic E-state index is -0.122. The molecule has 1 aromatic heterocycles. The van der Waals surface area contributed by atoms with E-state index in [4.69, 9.17) is 0 Å². The molecule has 2 aromatic rings. The average Bonchev–Trinajstić information content (AvgIpc) is 3.06. The third-order valence-corrected chi connectivity index (χ3v) is 4.05. The topological polar surface area (TPSA) is 63.1 Å². The molecule has 1 saturated heterocycles. The molecule has 0 aliphatic carbocycles. The monoisotopic (exact) mass is 285 g/mol. The highest BCUT2D eigenvalue weighted by molar-refractivity contribution is 5.92. The van der Waals surface area contributed by atoms with Gasteiger partial charge in [0.2, 0.25) is 0 Å². The van der Waals surface area contributed by atoms with E-state index < -0.39 is 0 Å². The molecule has 1 aromatic carbocycles. The second kappa shape index (κ2) is 5.65. The van der Waals surface area contributed by atoms with Gasteiger partial charge in [-0.05, 0) is 19.0 Å². The van der Waals surface area contributed by atoms with Crippen molar-refractivity contribution in [2.45, 2.75) is 18.5 Å². The van der Waals surface area contributed by atoms with Gasteiger partial charge in [0.25, 0.3) is 5.91 Å². The zero-order chi connectivity index (χ0) is 14.8. The molecule has 6 heteroatoms. The summed E-state index contributed by atoms with van der Waals surface area (Å²) in [5, 5.41) is 10.7. The van der Waals surface area contributed by atoms with Crippen LogP contribution in [0.3, 0.4) is 0 Å². The summed E-state index contributed by atoms with van der Waals surface area (Å²) in [4.78, 5) is 14.6. The molecule has 1 N–H and O–H groups in total. The quantitative estimate of drug-likeness (QED) is 0.913. The van der Waals surface area contributed by atoms with Gasteiger partial charge in [-0.15, -0.1) is 5.10 Å². The minimum Gasteiger partial charge on any atom is -0.346 e. The van der Waals surface area contributed by atoms with Gasteiger partial charge in [0.1, 0.15) is 5.69 Å². The van der Waals surface area contributed by atoms with E-state index in [1.54, 1.807) is 7.05 Å². The normalized spacial score (nSPS) is 22.4. The second-order valence-electron chi connectivity index (χ2n) is 5.45. The summed E-state index contributed by atoms with van der Waals surface area (Å²) in [6, 6.07) is 10.6. The van der Waals surface area contributed by atoms with E-state index in [1.165, 1.54) is 16.4 Å². The van der Waals surface area contributed by atoms with Crippen LogP contribution in [0.1, 0.15) is 28.5 Å². The fourth-order valence-electron chi connectivity index (χ4n) is 2.97. The van der Waals surface area contributed by atoms with Crippen LogP contribution in [0.5, 0.6) is 0 Å². The first kappa shape index (κ1) is 13.8. The Kier molecular flexibility index (Phi) is 3.70. The minimum absolute atomic E-state index is 0.0970. The maximum atomic E-state index is 12.3. The van der Waals surface area contributed by atoms with Crippen molar-refractivity contribution in [3.05, 3.63) is 47.8 Å². The van der Waals surface area contributed by atoms with E-state index in [2.05, 4.69) is 39.7 Å². The van der Waals surface area contributed by atoms with Gasteiger partial charge in [-0.1, -0.05) is 35.5 Å². The summed E-state index contributed by atoms with van der Waals surface area (Å²) in [5.41, 5.74) is 1.71. The van der Waals surface area contributed by atoms with Crippen LogP contribution in [-0.4, -0.2) is 45.4 Å². The third kappa shape index (κ3) is 2.67. The number of amides is 1. The molecule has 1 amide bonds. The summed E-state index contributed by atoms with van der Waals surface area (Å²) in [6.07, 6.45) is 2.43. The van der Waals surface area contributed by atoms with Crippen LogP contribution in [0.25, 0.3) is 0 Å². The van der Waals surface area contributed by atoms with Crippen LogP contribution in [0.15, 0.2) is 36.5 Å². The van der Waals surface area contributed by atoms with E-state index in [-0.39, 0.29) is 18.0 Å². The van der Waals surface area contributed by atoms with Gasteiger partial charge < -0.3 is 5.32 Å². The zero-order valence-electron chi connectivity index (χ0n) is 12.2. The molecule has 21 heavy (non-hydrogen) atoms. The smallest absolute Gasteiger partial charge is 0.271 e. The van der Waals surface area contributed by atoms with Crippen LogP contribution in [0.4, 0.5) is 0 Å². The highest BCUT2D eigenvalue weighted by atomic mass is 16.2. The molecule has 0 bridgehead atoms. The molecule has 1 fully saturated rings. The van der Waals surface area contributed by atoms with Crippen molar-refractivity contribution < 1.29 is 4.79 Å². The Morgan fingerprint density at radius 2 is 2.05 bits per heavy atom. The molecule has 2 atom stereocenters. The fraction of sp³-hybridized carbons (Fsp3) is 0.400. The Morgan fingerprint density at radius 3 is 2.71 bits per heavy atom. The van der Waals surface area contributed by atoms with E-state index in [9.17, 15) is 4.79 Å². The van der Waals surface area contributed by atoms with E-state index >= 15 is 0 Å². The van der Waals surface area contributed by atoms with Gasteiger partial charge >= 0.3 is 0 Å². The predicted molar refractivity (Wildman–Crippen MR) is 78.7 cm³/mol. The van der Waals surface area contributed by atoms with E-state index in [1.807, 2.05) is 18.2 Å². The number of likely N-dealkylation sites (N-methyl/N-ethyl adjacent to an activating group) is 1. The van der Waals surface area contributed by atoms with Gasteiger partial charge in [-0.3, -0.25) is 9.69 Å². The molecule has 2 heterocycles. The Labute approximate surface area is 123 Å². The molecule has 0 saturated carbocycles. The fourth-order valence-corrected chi connectivity index (χ4v) is 2.97. The van der Waals surface area contributed by atoms with Crippen molar-refractivity contribution in [2.75, 3.05) is 13.6 Å². The summed E-state index contributed by atoms with van der Waals surface area (Å²) < 4.78 is 1.49. The molecule has 110 valence electrons. The van der Waals surface area contributed by atoms with Crippen molar-refractivity contribution in [3.8, 4) is 0 Å². The van der Waals surface area contributed by atoms with Crippen molar-refractivity contribution >= 4 is 5.91 Å². The number of rotatable bonds is 3. The summed E-state index contributed by atoms with van der Waals surface area (Å²) in [6.45, 7) is 0.966. The van der Waals surface area contributed by atoms with Crippen molar-refractivity contribution in [1.29, 1.82) is 0 Å². The van der Waals surface area contributed by atoms with Crippen molar-refractivity contribution in [1.82, 2.24) is 25.2 Å². The number of likely N-dealkylation sites (tertiary alicyclic amines) is 1. The molecule has 6 nitrogen and oxygen atoms in total. The Bertz CT molecular complexity index is 624. The summed E-state index contributed by atoms with van der Waals surface area (Å²) in [5.74, 6) is -0.122. The summed E-state index contributed by atoms with van der Waals surface area (Å²) >= 11 is 0.